The number of aromatic nitrogens is 1. The zero-order valence-electron chi connectivity index (χ0n) is 29.2. The minimum Gasteiger partial charge on any atom is -0.252 e. The van der Waals surface area contributed by atoms with E-state index in [2.05, 4.69) is 178 Å². The van der Waals surface area contributed by atoms with Gasteiger partial charge in [0.15, 0.2) is 0 Å². The highest BCUT2D eigenvalue weighted by atomic mass is 14.7. The van der Waals surface area contributed by atoms with E-state index in [4.69, 9.17) is 4.98 Å². The predicted molar refractivity (Wildman–Crippen MR) is 219 cm³/mol. The van der Waals surface area contributed by atoms with Crippen molar-refractivity contribution in [3.8, 4) is 55.8 Å². The molecule has 0 amide bonds. The number of hydrogen-bond donors (Lipinski definition) is 0. The fourth-order valence-corrected chi connectivity index (χ4v) is 9.33. The van der Waals surface area contributed by atoms with Crippen LogP contribution in [0.5, 0.6) is 0 Å². The molecule has 9 aromatic rings. The van der Waals surface area contributed by atoms with Gasteiger partial charge in [0.1, 0.15) is 0 Å². The van der Waals surface area contributed by atoms with Crippen LogP contribution in [0, 0.1) is 0 Å². The highest BCUT2D eigenvalue weighted by Gasteiger charge is 2.35. The van der Waals surface area contributed by atoms with E-state index in [1.54, 1.807) is 0 Å². The SMILES string of the molecule is CC1(C)c2ccccc2-c2ccc(-c3cccc(-c4cccc5c4Cc4nc(-c6ccc7c8ccccc8c8ccccc8c7c6)ccc4-5)c3)cc21. The van der Waals surface area contributed by atoms with Gasteiger partial charge in [0, 0.05) is 23.0 Å². The van der Waals surface area contributed by atoms with Crippen molar-refractivity contribution in [1.29, 1.82) is 0 Å². The fourth-order valence-electron chi connectivity index (χ4n) is 9.33. The minimum absolute atomic E-state index is 0.0214. The third-order valence-electron chi connectivity index (χ3n) is 11.9. The van der Waals surface area contributed by atoms with Crippen LogP contribution in [0.15, 0.2) is 164 Å². The molecule has 0 atom stereocenters. The van der Waals surface area contributed by atoms with Crippen molar-refractivity contribution >= 4 is 32.3 Å². The monoisotopic (exact) mass is 661 g/mol. The number of rotatable bonds is 3. The largest absolute Gasteiger partial charge is 0.252 e. The zero-order chi connectivity index (χ0) is 34.6. The Hall–Kier alpha value is -6.31. The summed E-state index contributed by atoms with van der Waals surface area (Å²) >= 11 is 0. The van der Waals surface area contributed by atoms with Gasteiger partial charge in [-0.15, -0.1) is 0 Å². The van der Waals surface area contributed by atoms with Crippen molar-refractivity contribution in [3.63, 3.8) is 0 Å². The molecule has 0 fully saturated rings. The molecule has 1 heteroatoms. The van der Waals surface area contributed by atoms with Gasteiger partial charge < -0.3 is 0 Å². The van der Waals surface area contributed by atoms with Gasteiger partial charge in [0.05, 0.1) is 11.4 Å². The van der Waals surface area contributed by atoms with Crippen molar-refractivity contribution in [1.82, 2.24) is 4.98 Å². The van der Waals surface area contributed by atoms with E-state index in [1.165, 1.54) is 93.5 Å². The second kappa shape index (κ2) is 10.8. The third kappa shape index (κ3) is 4.20. The van der Waals surface area contributed by atoms with Gasteiger partial charge >= 0.3 is 0 Å². The lowest BCUT2D eigenvalue weighted by atomic mass is 9.81. The third-order valence-corrected chi connectivity index (χ3v) is 11.9. The summed E-state index contributed by atoms with van der Waals surface area (Å²) in [6.45, 7) is 4.71. The summed E-state index contributed by atoms with van der Waals surface area (Å²) in [5, 5.41) is 7.73. The molecule has 0 unspecified atom stereocenters. The van der Waals surface area contributed by atoms with Crippen molar-refractivity contribution in [2.75, 3.05) is 0 Å². The molecule has 0 spiro atoms. The number of hydrogen-bond acceptors (Lipinski definition) is 1. The number of benzene rings is 8. The maximum absolute atomic E-state index is 5.35. The summed E-state index contributed by atoms with van der Waals surface area (Å²) in [5.74, 6) is 0. The second-order valence-electron chi connectivity index (χ2n) is 15.1. The Bertz CT molecular complexity index is 2930. The molecule has 1 aromatic heterocycles. The molecule has 0 radical (unpaired) electrons. The molecule has 52 heavy (non-hydrogen) atoms. The van der Waals surface area contributed by atoms with Crippen LogP contribution < -0.4 is 0 Å². The van der Waals surface area contributed by atoms with E-state index >= 15 is 0 Å². The van der Waals surface area contributed by atoms with Gasteiger partial charge in [0.25, 0.3) is 0 Å². The van der Waals surface area contributed by atoms with Crippen LogP contribution in [0.2, 0.25) is 0 Å². The van der Waals surface area contributed by atoms with Crippen molar-refractivity contribution < 1.29 is 0 Å². The van der Waals surface area contributed by atoms with Crippen LogP contribution in [0.1, 0.15) is 36.2 Å². The van der Waals surface area contributed by atoms with Gasteiger partial charge in [0.2, 0.25) is 0 Å². The van der Waals surface area contributed by atoms with E-state index in [1.807, 2.05) is 0 Å². The average molecular weight is 662 g/mol. The smallest absolute Gasteiger partial charge is 0.0706 e. The second-order valence-corrected chi connectivity index (χ2v) is 15.1. The van der Waals surface area contributed by atoms with Gasteiger partial charge in [-0.1, -0.05) is 153 Å². The van der Waals surface area contributed by atoms with E-state index in [0.717, 1.165) is 23.4 Å². The van der Waals surface area contributed by atoms with Crippen LogP contribution in [0.4, 0.5) is 0 Å². The number of fused-ring (bicyclic) bond motifs is 12. The first-order valence-corrected chi connectivity index (χ1v) is 18.3. The van der Waals surface area contributed by atoms with E-state index in [-0.39, 0.29) is 5.41 Å². The van der Waals surface area contributed by atoms with Gasteiger partial charge in [-0.3, -0.25) is 4.98 Å². The molecule has 0 N–H and O–H groups in total. The molecular formula is C51H35N. The molecule has 1 heterocycles. The highest BCUT2D eigenvalue weighted by Crippen LogP contribution is 2.50. The Morgan fingerprint density at radius 2 is 0.962 bits per heavy atom. The summed E-state index contributed by atoms with van der Waals surface area (Å²) in [5.41, 5.74) is 17.8. The molecule has 8 aromatic carbocycles. The Morgan fingerprint density at radius 1 is 0.385 bits per heavy atom. The first-order valence-electron chi connectivity index (χ1n) is 18.3. The number of nitrogens with zero attached hydrogens (tertiary/aromatic N) is 1. The molecule has 0 saturated heterocycles. The summed E-state index contributed by atoms with van der Waals surface area (Å²) in [7, 11) is 0. The van der Waals surface area contributed by atoms with Gasteiger partial charge in [-0.05, 0) is 112 Å². The van der Waals surface area contributed by atoms with Crippen LogP contribution in [-0.4, -0.2) is 4.98 Å². The molecule has 244 valence electrons. The number of pyridine rings is 1. The molecule has 0 aliphatic heterocycles. The zero-order valence-corrected chi connectivity index (χ0v) is 29.2. The van der Waals surface area contributed by atoms with Crippen LogP contribution in [-0.2, 0) is 11.8 Å². The quantitative estimate of drug-likeness (QED) is 0.172. The molecule has 0 saturated carbocycles. The van der Waals surface area contributed by atoms with Crippen LogP contribution in [0.25, 0.3) is 88.1 Å². The Labute approximate surface area is 303 Å². The molecule has 2 aliphatic carbocycles. The van der Waals surface area contributed by atoms with E-state index < -0.39 is 0 Å². The summed E-state index contributed by atoms with van der Waals surface area (Å²) in [6, 6.07) is 60.7. The van der Waals surface area contributed by atoms with Crippen molar-refractivity contribution in [3.05, 3.63) is 186 Å². The van der Waals surface area contributed by atoms with Crippen molar-refractivity contribution in [2.24, 2.45) is 0 Å². The molecule has 0 bridgehead atoms. The molecular weight excluding hydrogens is 627 g/mol. The van der Waals surface area contributed by atoms with Crippen molar-refractivity contribution in [2.45, 2.75) is 25.7 Å². The maximum Gasteiger partial charge on any atom is 0.0706 e. The topological polar surface area (TPSA) is 12.9 Å². The van der Waals surface area contributed by atoms with E-state index in [9.17, 15) is 0 Å². The van der Waals surface area contributed by atoms with Gasteiger partial charge in [-0.2, -0.15) is 0 Å². The van der Waals surface area contributed by atoms with Crippen LogP contribution >= 0.6 is 0 Å². The van der Waals surface area contributed by atoms with E-state index in [0.29, 0.717) is 0 Å². The first kappa shape index (κ1) is 29.4. The van der Waals surface area contributed by atoms with Crippen LogP contribution in [0.3, 0.4) is 0 Å². The average Bonchev–Trinajstić information content (AvgIpc) is 3.69. The predicted octanol–water partition coefficient (Wildman–Crippen LogP) is 13.4. The highest BCUT2D eigenvalue weighted by molar-refractivity contribution is 6.25. The molecule has 2 aliphatic rings. The standard InChI is InChI=1S/C51H35N/c1-51(2)47-20-8-7-17-42(47)43-24-21-32(29-48(43)51)31-11-9-12-33(27-31)35-18-10-19-40-44-25-26-49(52-50(44)30-46(35)40)34-22-23-41-38-15-4-3-13-36(38)37-14-5-6-16-39(37)45(41)28-34/h3-29H,30H2,1-2H3. The Kier molecular flexibility index (Phi) is 6.14. The molecule has 11 rings (SSSR count). The lowest BCUT2D eigenvalue weighted by molar-refractivity contribution is 0.660. The lowest BCUT2D eigenvalue weighted by Crippen LogP contribution is -2.14. The summed E-state index contributed by atoms with van der Waals surface area (Å²) in [6.07, 6.45) is 0.825. The van der Waals surface area contributed by atoms with Gasteiger partial charge in [-0.25, -0.2) is 0 Å². The minimum atomic E-state index is -0.0214. The summed E-state index contributed by atoms with van der Waals surface area (Å²) in [4.78, 5) is 5.35. The molecule has 1 nitrogen and oxygen atoms in total. The maximum atomic E-state index is 5.35. The normalized spacial score (nSPS) is 13.7. The summed E-state index contributed by atoms with van der Waals surface area (Å²) < 4.78 is 0. The lowest BCUT2D eigenvalue weighted by Gasteiger charge is -2.22. The Morgan fingerprint density at radius 3 is 1.77 bits per heavy atom. The fraction of sp³-hybridized carbons (Fsp3) is 0.0784. The Balaban J connectivity index is 0.960. The first-order chi connectivity index (χ1) is 25.5.